The number of hydrogen-bond acceptors (Lipinski definition) is 4. The van der Waals surface area contributed by atoms with E-state index in [1.807, 2.05) is 30.5 Å². The second kappa shape index (κ2) is 10.9. The monoisotopic (exact) mass is 525 g/mol. The summed E-state index contributed by atoms with van der Waals surface area (Å²) in [5, 5.41) is 4.26. The first-order valence-electron chi connectivity index (χ1n) is 13.2. The van der Waals surface area contributed by atoms with Crippen molar-refractivity contribution >= 4 is 28.7 Å². The Balaban J connectivity index is 1.60. The number of aryl methyl sites for hydroxylation is 1. The fraction of sp³-hybridized carbons (Fsp3) is 0.290. The molecule has 3 heterocycles. The van der Waals surface area contributed by atoms with Crippen molar-refractivity contribution in [2.75, 3.05) is 30.0 Å². The van der Waals surface area contributed by atoms with Gasteiger partial charge in [-0.25, -0.2) is 0 Å². The summed E-state index contributed by atoms with van der Waals surface area (Å²) in [5.74, 6) is 0.816. The number of nitrogens with one attached hydrogen (secondary N) is 1. The van der Waals surface area contributed by atoms with Crippen molar-refractivity contribution in [3.8, 4) is 11.4 Å². The molecule has 0 spiro atoms. The number of hydrogen-bond donors (Lipinski definition) is 1. The Labute approximate surface area is 230 Å². The van der Waals surface area contributed by atoms with E-state index in [1.165, 1.54) is 22.6 Å². The van der Waals surface area contributed by atoms with Gasteiger partial charge in [-0.05, 0) is 112 Å². The molecule has 0 bridgehead atoms. The Hall–Kier alpha value is -3.84. The van der Waals surface area contributed by atoms with Crippen molar-refractivity contribution in [1.82, 2.24) is 14.9 Å². The Morgan fingerprint density at radius 1 is 0.947 bits per heavy atom. The summed E-state index contributed by atoms with van der Waals surface area (Å²) in [4.78, 5) is 9.28. The Morgan fingerprint density at radius 3 is 2.24 bits per heavy atom. The van der Waals surface area contributed by atoms with Crippen LogP contribution in [0.3, 0.4) is 0 Å². The quantitative estimate of drug-likeness (QED) is 0.264. The number of benzene rings is 2. The lowest BCUT2D eigenvalue weighted by Gasteiger charge is -2.28. The van der Waals surface area contributed by atoms with Gasteiger partial charge in [0.1, 0.15) is 5.75 Å². The largest absolute Gasteiger partial charge is 0.497 e. The highest BCUT2D eigenvalue weighted by Gasteiger charge is 2.42. The summed E-state index contributed by atoms with van der Waals surface area (Å²) >= 11 is 5.92. The van der Waals surface area contributed by atoms with Crippen molar-refractivity contribution in [1.29, 1.82) is 0 Å². The van der Waals surface area contributed by atoms with Crippen molar-refractivity contribution < 1.29 is 4.74 Å². The topological polar surface area (TPSA) is 45.6 Å². The maximum absolute atomic E-state index is 5.92. The molecular formula is C31H35N5OS. The van der Waals surface area contributed by atoms with Crippen LogP contribution in [0.15, 0.2) is 79.0 Å². The van der Waals surface area contributed by atoms with Crippen LogP contribution in [0.4, 0.5) is 11.4 Å². The number of pyridine rings is 1. The number of methoxy groups -OCH3 is 1. The SMILES string of the molecule is CCN(CC)c1ccc(-n2c(C)cc([C@@H]3[C@@H](c4ccccn4)NC(=S)N3c3ccc(OC)cc3)c2C)cc1. The third-order valence-corrected chi connectivity index (χ3v) is 7.79. The molecule has 0 amide bonds. The third kappa shape index (κ3) is 4.63. The van der Waals surface area contributed by atoms with Crippen LogP contribution in [-0.2, 0) is 0 Å². The van der Waals surface area contributed by atoms with Crippen LogP contribution in [0.25, 0.3) is 5.69 Å². The highest BCUT2D eigenvalue weighted by atomic mass is 32.1. The molecule has 0 saturated carbocycles. The van der Waals surface area contributed by atoms with E-state index < -0.39 is 0 Å². The van der Waals surface area contributed by atoms with Crippen molar-refractivity contribution in [3.05, 3.63) is 102 Å². The normalized spacial score (nSPS) is 17.0. The van der Waals surface area contributed by atoms with E-state index in [0.29, 0.717) is 5.11 Å². The lowest BCUT2D eigenvalue weighted by molar-refractivity contribution is 0.415. The summed E-state index contributed by atoms with van der Waals surface area (Å²) in [6.45, 7) is 10.7. The average Bonchev–Trinajstić information content (AvgIpc) is 3.45. The van der Waals surface area contributed by atoms with Gasteiger partial charge in [-0.2, -0.15) is 0 Å². The van der Waals surface area contributed by atoms with Gasteiger partial charge in [0.2, 0.25) is 0 Å². The van der Waals surface area contributed by atoms with E-state index in [-0.39, 0.29) is 12.1 Å². The molecule has 1 aliphatic heterocycles. The molecule has 196 valence electrons. The minimum atomic E-state index is -0.0928. The summed E-state index contributed by atoms with van der Waals surface area (Å²) in [6.07, 6.45) is 1.84. The van der Waals surface area contributed by atoms with E-state index in [1.54, 1.807) is 7.11 Å². The van der Waals surface area contributed by atoms with Crippen molar-refractivity contribution in [3.63, 3.8) is 0 Å². The van der Waals surface area contributed by atoms with Crippen molar-refractivity contribution in [2.24, 2.45) is 0 Å². The van der Waals surface area contributed by atoms with E-state index in [2.05, 4.69) is 95.9 Å². The van der Waals surface area contributed by atoms with Crippen LogP contribution in [-0.4, -0.2) is 34.9 Å². The first-order chi connectivity index (χ1) is 18.5. The molecule has 0 radical (unpaired) electrons. The van der Waals surface area contributed by atoms with Crippen LogP contribution >= 0.6 is 12.2 Å². The Kier molecular flexibility index (Phi) is 7.38. The number of nitrogens with zero attached hydrogens (tertiary/aromatic N) is 4. The third-order valence-electron chi connectivity index (χ3n) is 7.47. The molecule has 4 aromatic rings. The van der Waals surface area contributed by atoms with Gasteiger partial charge in [0, 0.05) is 47.7 Å². The molecule has 0 unspecified atom stereocenters. The minimum absolute atomic E-state index is 0.0688. The van der Waals surface area contributed by atoms with Gasteiger partial charge in [0.25, 0.3) is 0 Å². The zero-order valence-corrected chi connectivity index (χ0v) is 23.5. The predicted molar refractivity (Wildman–Crippen MR) is 160 cm³/mol. The van der Waals surface area contributed by atoms with E-state index >= 15 is 0 Å². The Morgan fingerprint density at radius 2 is 1.63 bits per heavy atom. The lowest BCUT2D eigenvalue weighted by atomic mass is 9.96. The number of thiocarbonyl (C=S) groups is 1. The molecule has 1 fully saturated rings. The first kappa shape index (κ1) is 25.8. The smallest absolute Gasteiger partial charge is 0.174 e. The second-order valence-corrected chi connectivity index (χ2v) is 9.93. The lowest BCUT2D eigenvalue weighted by Crippen LogP contribution is -2.29. The van der Waals surface area contributed by atoms with Gasteiger partial charge in [0.05, 0.1) is 24.9 Å². The molecule has 2 atom stereocenters. The standard InChI is InChI=1S/C31H35N5OS/c1-6-34(7-2)23-11-13-24(14-12-23)35-21(3)20-27(22(35)4)30-29(28-10-8-9-19-32-28)33-31(38)36(30)25-15-17-26(37-5)18-16-25/h8-20,29-30H,6-7H2,1-5H3,(H,33,38)/t29-,30-/m1/s1. The van der Waals surface area contributed by atoms with Crippen LogP contribution < -0.4 is 19.9 Å². The fourth-order valence-corrected chi connectivity index (χ4v) is 5.92. The van der Waals surface area contributed by atoms with Crippen LogP contribution in [0, 0.1) is 13.8 Å². The molecule has 2 aromatic carbocycles. The number of aromatic nitrogens is 2. The van der Waals surface area contributed by atoms with Crippen LogP contribution in [0.5, 0.6) is 5.75 Å². The van der Waals surface area contributed by atoms with Crippen molar-refractivity contribution in [2.45, 2.75) is 39.8 Å². The molecule has 1 saturated heterocycles. The predicted octanol–water partition coefficient (Wildman–Crippen LogP) is 6.52. The summed E-state index contributed by atoms with van der Waals surface area (Å²) in [7, 11) is 1.68. The summed E-state index contributed by atoms with van der Waals surface area (Å²) in [6, 6.07) is 25.1. The molecule has 0 aliphatic carbocycles. The van der Waals surface area contributed by atoms with Gasteiger partial charge < -0.3 is 24.4 Å². The molecule has 6 nitrogen and oxygen atoms in total. The molecular weight excluding hydrogens is 490 g/mol. The minimum Gasteiger partial charge on any atom is -0.497 e. The zero-order chi connectivity index (χ0) is 26.8. The average molecular weight is 526 g/mol. The number of rotatable bonds is 8. The molecule has 1 N–H and O–H groups in total. The van der Waals surface area contributed by atoms with Gasteiger partial charge in [0.15, 0.2) is 5.11 Å². The number of ether oxygens (including phenoxy) is 1. The van der Waals surface area contributed by atoms with Gasteiger partial charge in [-0.15, -0.1) is 0 Å². The first-order valence-corrected chi connectivity index (χ1v) is 13.6. The molecule has 7 heteroatoms. The van der Waals surface area contributed by atoms with Crippen LogP contribution in [0.2, 0.25) is 0 Å². The zero-order valence-electron chi connectivity index (χ0n) is 22.7. The summed E-state index contributed by atoms with van der Waals surface area (Å²) < 4.78 is 7.74. The van der Waals surface area contributed by atoms with Gasteiger partial charge in [-0.3, -0.25) is 4.98 Å². The summed E-state index contributed by atoms with van der Waals surface area (Å²) in [5.41, 5.74) is 7.96. The Bertz CT molecular complexity index is 1390. The van der Waals surface area contributed by atoms with E-state index in [0.717, 1.165) is 35.9 Å². The highest BCUT2D eigenvalue weighted by Crippen LogP contribution is 2.44. The maximum atomic E-state index is 5.92. The molecule has 2 aromatic heterocycles. The van der Waals surface area contributed by atoms with Gasteiger partial charge in [-0.1, -0.05) is 6.07 Å². The van der Waals surface area contributed by atoms with E-state index in [4.69, 9.17) is 21.9 Å². The highest BCUT2D eigenvalue weighted by molar-refractivity contribution is 7.80. The van der Waals surface area contributed by atoms with Gasteiger partial charge >= 0.3 is 0 Å². The van der Waals surface area contributed by atoms with E-state index in [9.17, 15) is 0 Å². The molecule has 5 rings (SSSR count). The fourth-order valence-electron chi connectivity index (χ4n) is 5.58. The van der Waals surface area contributed by atoms with Crippen LogP contribution in [0.1, 0.15) is 48.6 Å². The number of anilines is 2. The second-order valence-electron chi connectivity index (χ2n) is 9.55. The maximum Gasteiger partial charge on any atom is 0.174 e. The molecule has 1 aliphatic rings. The molecule has 38 heavy (non-hydrogen) atoms.